The van der Waals surface area contributed by atoms with Crippen molar-refractivity contribution in [3.8, 4) is 11.8 Å². The lowest BCUT2D eigenvalue weighted by Gasteiger charge is -2.11. The summed E-state index contributed by atoms with van der Waals surface area (Å²) in [7, 11) is 0. The maximum Gasteiger partial charge on any atom is 0.355 e. The summed E-state index contributed by atoms with van der Waals surface area (Å²) < 4.78 is 0. The molecule has 0 saturated heterocycles. The second-order valence-electron chi connectivity index (χ2n) is 4.89. The van der Waals surface area contributed by atoms with E-state index in [9.17, 15) is 4.79 Å². The zero-order chi connectivity index (χ0) is 15.2. The fourth-order valence-electron chi connectivity index (χ4n) is 1.73. The highest BCUT2D eigenvalue weighted by molar-refractivity contribution is 5.87. The molecule has 2 rings (SSSR count). The number of carbonyl (C=O) groups is 1. The second-order valence-corrected chi connectivity index (χ2v) is 4.89. The van der Waals surface area contributed by atoms with E-state index in [1.54, 1.807) is 6.07 Å². The average molecular weight is 286 g/mol. The van der Waals surface area contributed by atoms with Gasteiger partial charge in [0.15, 0.2) is 5.70 Å². The molecule has 1 saturated carbocycles. The van der Waals surface area contributed by atoms with Crippen molar-refractivity contribution in [3.05, 3.63) is 41.3 Å². The molecule has 0 aromatic heterocycles. The molecule has 1 aromatic carbocycles. The van der Waals surface area contributed by atoms with E-state index >= 15 is 0 Å². The highest BCUT2D eigenvalue weighted by atomic mass is 16.4. The molecule has 0 atom stereocenters. The third-order valence-corrected chi connectivity index (χ3v) is 3.10. The van der Waals surface area contributed by atoms with Crippen LogP contribution in [0.4, 0.5) is 5.69 Å². The van der Waals surface area contributed by atoms with Crippen LogP contribution in [-0.4, -0.2) is 11.1 Å². The number of nitrogens with one attached hydrogen (secondary N) is 2. The summed E-state index contributed by atoms with van der Waals surface area (Å²) >= 11 is 0. The topological polar surface area (TPSA) is 113 Å². The highest BCUT2D eigenvalue weighted by Gasteiger charge is 2.19. The lowest BCUT2D eigenvalue weighted by atomic mass is 10.2. The van der Waals surface area contributed by atoms with Gasteiger partial charge < -0.3 is 21.6 Å². The van der Waals surface area contributed by atoms with Crippen LogP contribution in [0.2, 0.25) is 0 Å². The van der Waals surface area contributed by atoms with Gasteiger partial charge in [0.2, 0.25) is 0 Å². The summed E-state index contributed by atoms with van der Waals surface area (Å²) in [5, 5.41) is 11.7. The van der Waals surface area contributed by atoms with Crippen molar-refractivity contribution >= 4 is 11.7 Å². The number of anilines is 1. The number of carboxylic acid groups (broad SMARTS) is 1. The number of hydrazine groups is 1. The Morgan fingerprint density at radius 3 is 2.81 bits per heavy atom. The van der Waals surface area contributed by atoms with Gasteiger partial charge in [-0.3, -0.25) is 0 Å². The van der Waals surface area contributed by atoms with Crippen LogP contribution in [0, 0.1) is 17.8 Å². The number of hydrogen-bond donors (Lipinski definition) is 5. The average Bonchev–Trinajstić information content (AvgIpc) is 3.28. The van der Waals surface area contributed by atoms with Gasteiger partial charge in [-0.15, -0.1) is 0 Å². The normalized spacial score (nSPS) is 14.5. The largest absolute Gasteiger partial charge is 0.476 e. The molecule has 0 heterocycles. The maximum atomic E-state index is 10.8. The molecular weight excluding hydrogens is 268 g/mol. The summed E-state index contributed by atoms with van der Waals surface area (Å²) in [6, 6.07) is 7.31. The summed E-state index contributed by atoms with van der Waals surface area (Å²) in [4.78, 5) is 10.8. The van der Waals surface area contributed by atoms with E-state index in [0.717, 1.165) is 17.9 Å². The van der Waals surface area contributed by atoms with E-state index in [1.165, 1.54) is 12.8 Å². The number of hydrogen-bond acceptors (Lipinski definition) is 5. The van der Waals surface area contributed by atoms with E-state index in [1.807, 2.05) is 18.2 Å². The van der Waals surface area contributed by atoms with E-state index in [4.69, 9.17) is 16.7 Å². The van der Waals surface area contributed by atoms with Crippen molar-refractivity contribution in [3.63, 3.8) is 0 Å². The van der Waals surface area contributed by atoms with Crippen molar-refractivity contribution in [1.29, 1.82) is 0 Å². The summed E-state index contributed by atoms with van der Waals surface area (Å²) in [6.07, 6.45) is 3.49. The number of aliphatic carboxylic acids is 1. The Bertz CT molecular complexity index is 624. The lowest BCUT2D eigenvalue weighted by Crippen LogP contribution is -2.32. The SMILES string of the molecule is NN/C(Nc1cccc(C#CCC2CC2)c1)=C(\N)C(=O)O. The van der Waals surface area contributed by atoms with Crippen LogP contribution in [0.15, 0.2) is 35.8 Å². The Morgan fingerprint density at radius 2 is 2.19 bits per heavy atom. The fourth-order valence-corrected chi connectivity index (χ4v) is 1.73. The van der Waals surface area contributed by atoms with Crippen LogP contribution < -0.4 is 22.3 Å². The number of carboxylic acids is 1. The van der Waals surface area contributed by atoms with Crippen molar-refractivity contribution in [2.75, 3.05) is 5.32 Å². The molecule has 21 heavy (non-hydrogen) atoms. The zero-order valence-electron chi connectivity index (χ0n) is 11.5. The quantitative estimate of drug-likeness (QED) is 0.238. The van der Waals surface area contributed by atoms with Crippen molar-refractivity contribution in [1.82, 2.24) is 5.43 Å². The Kier molecular flexibility index (Phi) is 4.69. The minimum atomic E-state index is -1.25. The first-order chi connectivity index (χ1) is 10.1. The van der Waals surface area contributed by atoms with Crippen LogP contribution in [0.3, 0.4) is 0 Å². The maximum absolute atomic E-state index is 10.8. The van der Waals surface area contributed by atoms with Crippen LogP contribution in [0.25, 0.3) is 0 Å². The minimum Gasteiger partial charge on any atom is -0.476 e. The van der Waals surface area contributed by atoms with Crippen LogP contribution in [0.1, 0.15) is 24.8 Å². The first kappa shape index (κ1) is 14.8. The molecule has 0 aliphatic heterocycles. The molecule has 0 radical (unpaired) electrons. The highest BCUT2D eigenvalue weighted by Crippen LogP contribution is 2.31. The van der Waals surface area contributed by atoms with Gasteiger partial charge in [-0.2, -0.15) is 0 Å². The molecule has 1 aromatic rings. The van der Waals surface area contributed by atoms with Crippen molar-refractivity contribution in [2.24, 2.45) is 17.5 Å². The Hall–Kier alpha value is -2.65. The fraction of sp³-hybridized carbons (Fsp3) is 0.267. The Morgan fingerprint density at radius 1 is 1.43 bits per heavy atom. The zero-order valence-corrected chi connectivity index (χ0v) is 11.5. The van der Waals surface area contributed by atoms with Gasteiger partial charge >= 0.3 is 5.97 Å². The Balaban J connectivity index is 2.10. The van der Waals surface area contributed by atoms with Gasteiger partial charge in [0, 0.05) is 17.7 Å². The number of nitrogens with two attached hydrogens (primary N) is 2. The van der Waals surface area contributed by atoms with E-state index in [0.29, 0.717) is 5.69 Å². The summed E-state index contributed by atoms with van der Waals surface area (Å²) in [5.41, 5.74) is 8.79. The third-order valence-electron chi connectivity index (χ3n) is 3.10. The molecule has 1 aliphatic rings. The van der Waals surface area contributed by atoms with Gasteiger partial charge in [-0.25, -0.2) is 10.6 Å². The monoisotopic (exact) mass is 286 g/mol. The molecule has 0 bridgehead atoms. The lowest BCUT2D eigenvalue weighted by molar-refractivity contribution is -0.132. The van der Waals surface area contributed by atoms with Crippen LogP contribution >= 0.6 is 0 Å². The second kappa shape index (κ2) is 6.68. The number of rotatable bonds is 5. The van der Waals surface area contributed by atoms with Crippen LogP contribution in [-0.2, 0) is 4.79 Å². The third kappa shape index (κ3) is 4.44. The molecule has 0 spiro atoms. The Labute approximate surface area is 123 Å². The van der Waals surface area contributed by atoms with E-state index < -0.39 is 5.97 Å². The smallest absolute Gasteiger partial charge is 0.355 e. The molecular formula is C15H18N4O2. The minimum absolute atomic E-state index is 0.0330. The molecule has 6 heteroatoms. The summed E-state index contributed by atoms with van der Waals surface area (Å²) in [6.45, 7) is 0. The van der Waals surface area contributed by atoms with Crippen molar-refractivity contribution in [2.45, 2.75) is 19.3 Å². The van der Waals surface area contributed by atoms with E-state index in [2.05, 4.69) is 22.6 Å². The molecule has 7 N–H and O–H groups in total. The van der Waals surface area contributed by atoms with Crippen LogP contribution in [0.5, 0.6) is 0 Å². The number of benzene rings is 1. The van der Waals surface area contributed by atoms with E-state index in [-0.39, 0.29) is 11.5 Å². The molecule has 1 fully saturated rings. The van der Waals surface area contributed by atoms with Gasteiger partial charge in [0.1, 0.15) is 5.82 Å². The molecule has 0 amide bonds. The molecule has 6 nitrogen and oxygen atoms in total. The molecule has 1 aliphatic carbocycles. The van der Waals surface area contributed by atoms with Gasteiger partial charge in [-0.05, 0) is 37.0 Å². The molecule has 110 valence electrons. The summed E-state index contributed by atoms with van der Waals surface area (Å²) in [5.74, 6) is 11.1. The molecule has 0 unspecified atom stereocenters. The first-order valence-corrected chi connectivity index (χ1v) is 6.65. The van der Waals surface area contributed by atoms with Gasteiger partial charge in [0.25, 0.3) is 0 Å². The van der Waals surface area contributed by atoms with Gasteiger partial charge in [-0.1, -0.05) is 17.9 Å². The standard InChI is InChI=1S/C15H18N4O2/c16-13(15(20)21)14(19-17)18-12-6-2-5-11(9-12)4-1-3-10-7-8-10/h2,5-6,9-10,18-19H,3,7-8,16-17H2,(H,20,21)/b14-13-. The predicted octanol–water partition coefficient (Wildman–Crippen LogP) is 0.926. The van der Waals surface area contributed by atoms with Crippen molar-refractivity contribution < 1.29 is 9.90 Å². The predicted molar refractivity (Wildman–Crippen MR) is 80.5 cm³/mol. The van der Waals surface area contributed by atoms with Gasteiger partial charge in [0.05, 0.1) is 0 Å². The first-order valence-electron chi connectivity index (χ1n) is 6.65.